The van der Waals surface area contributed by atoms with Crippen molar-refractivity contribution in [3.63, 3.8) is 0 Å². The summed E-state index contributed by atoms with van der Waals surface area (Å²) in [5.74, 6) is 0.687. The molecule has 0 radical (unpaired) electrons. The third-order valence-electron chi connectivity index (χ3n) is 3.46. The quantitative estimate of drug-likeness (QED) is 0.794. The number of fused-ring (bicyclic) bond motifs is 1. The second kappa shape index (κ2) is 3.95. The van der Waals surface area contributed by atoms with Gasteiger partial charge in [-0.15, -0.1) is 11.3 Å². The van der Waals surface area contributed by atoms with E-state index in [0.717, 1.165) is 12.1 Å². The van der Waals surface area contributed by atoms with Crippen molar-refractivity contribution in [1.82, 2.24) is 0 Å². The molecule has 1 aromatic heterocycles. The van der Waals surface area contributed by atoms with Gasteiger partial charge in [0.05, 0.1) is 0 Å². The molecule has 0 bridgehead atoms. The molecular formula is C14H15NS. The van der Waals surface area contributed by atoms with Crippen LogP contribution in [0.3, 0.4) is 0 Å². The minimum atomic E-state index is 0.687. The average Bonchev–Trinajstić information content (AvgIpc) is 2.72. The van der Waals surface area contributed by atoms with Gasteiger partial charge in [0.15, 0.2) is 0 Å². The first-order chi connectivity index (χ1) is 7.84. The minimum Gasteiger partial charge on any atom is -0.398 e. The van der Waals surface area contributed by atoms with E-state index in [2.05, 4.69) is 35.7 Å². The monoisotopic (exact) mass is 229 g/mol. The van der Waals surface area contributed by atoms with Crippen LogP contribution in [-0.2, 0) is 12.8 Å². The summed E-state index contributed by atoms with van der Waals surface area (Å²) in [7, 11) is 0. The lowest BCUT2D eigenvalue weighted by molar-refractivity contribution is 0.594. The molecule has 1 nitrogen and oxygen atoms in total. The van der Waals surface area contributed by atoms with Crippen molar-refractivity contribution in [2.45, 2.75) is 25.2 Å². The Labute approximate surface area is 99.9 Å². The Balaban J connectivity index is 1.89. The molecule has 2 aromatic rings. The fourth-order valence-corrected chi connectivity index (χ4v) is 3.62. The third kappa shape index (κ3) is 1.63. The van der Waals surface area contributed by atoms with Crippen molar-refractivity contribution in [3.8, 4) is 0 Å². The Morgan fingerprint density at radius 1 is 1.19 bits per heavy atom. The molecular weight excluding hydrogens is 214 g/mol. The van der Waals surface area contributed by atoms with Gasteiger partial charge in [0, 0.05) is 15.9 Å². The Morgan fingerprint density at radius 3 is 2.81 bits per heavy atom. The number of anilines is 1. The van der Waals surface area contributed by atoms with Crippen LogP contribution in [-0.4, -0.2) is 0 Å². The number of thiophene rings is 1. The van der Waals surface area contributed by atoms with Crippen molar-refractivity contribution >= 4 is 17.0 Å². The number of hydrogen-bond donors (Lipinski definition) is 1. The maximum absolute atomic E-state index is 5.96. The van der Waals surface area contributed by atoms with Crippen LogP contribution in [0.4, 0.5) is 5.69 Å². The fraction of sp³-hybridized carbons (Fsp3) is 0.286. The van der Waals surface area contributed by atoms with Crippen molar-refractivity contribution in [2.24, 2.45) is 0 Å². The summed E-state index contributed by atoms with van der Waals surface area (Å²) in [6.07, 6.45) is 3.55. The van der Waals surface area contributed by atoms with Gasteiger partial charge in [-0.25, -0.2) is 0 Å². The van der Waals surface area contributed by atoms with Gasteiger partial charge < -0.3 is 5.73 Å². The second-order valence-electron chi connectivity index (χ2n) is 4.44. The topological polar surface area (TPSA) is 26.0 Å². The van der Waals surface area contributed by atoms with E-state index >= 15 is 0 Å². The Morgan fingerprint density at radius 2 is 2.00 bits per heavy atom. The Kier molecular flexibility index (Phi) is 2.44. The van der Waals surface area contributed by atoms with Crippen molar-refractivity contribution in [1.29, 1.82) is 0 Å². The summed E-state index contributed by atoms with van der Waals surface area (Å²) in [4.78, 5) is 1.50. The largest absolute Gasteiger partial charge is 0.398 e. The highest BCUT2D eigenvalue weighted by atomic mass is 32.1. The van der Waals surface area contributed by atoms with Crippen LogP contribution in [0, 0.1) is 0 Å². The zero-order chi connectivity index (χ0) is 11.0. The first kappa shape index (κ1) is 9.91. The maximum Gasteiger partial charge on any atom is 0.0458 e. The van der Waals surface area contributed by atoms with Crippen LogP contribution in [0.5, 0.6) is 0 Å². The number of nitrogens with two attached hydrogens (primary N) is 1. The lowest BCUT2D eigenvalue weighted by Crippen LogP contribution is -2.11. The van der Waals surface area contributed by atoms with E-state index in [1.165, 1.54) is 28.8 Å². The molecule has 1 atom stereocenters. The molecule has 1 aliphatic carbocycles. The molecule has 16 heavy (non-hydrogen) atoms. The number of benzene rings is 1. The smallest absolute Gasteiger partial charge is 0.0458 e. The molecule has 1 heterocycles. The number of hydrogen-bond acceptors (Lipinski definition) is 2. The second-order valence-corrected chi connectivity index (χ2v) is 5.41. The van der Waals surface area contributed by atoms with Gasteiger partial charge in [-0.05, 0) is 36.3 Å². The number of nitrogen functional groups attached to an aromatic ring is 1. The molecule has 0 saturated carbocycles. The van der Waals surface area contributed by atoms with Gasteiger partial charge >= 0.3 is 0 Å². The lowest BCUT2D eigenvalue weighted by atomic mass is 9.84. The summed E-state index contributed by atoms with van der Waals surface area (Å²) in [5, 5.41) is 2.10. The zero-order valence-corrected chi connectivity index (χ0v) is 9.96. The molecule has 3 rings (SSSR count). The van der Waals surface area contributed by atoms with Crippen LogP contribution in [0.2, 0.25) is 0 Å². The summed E-state index contributed by atoms with van der Waals surface area (Å²) in [6.45, 7) is 0. The van der Waals surface area contributed by atoms with Crippen LogP contribution in [0.25, 0.3) is 0 Å². The first-order valence-electron chi connectivity index (χ1n) is 5.74. The van der Waals surface area contributed by atoms with Gasteiger partial charge in [-0.2, -0.15) is 0 Å². The van der Waals surface area contributed by atoms with Gasteiger partial charge in [-0.3, -0.25) is 0 Å². The van der Waals surface area contributed by atoms with Crippen LogP contribution < -0.4 is 5.73 Å². The third-order valence-corrected chi connectivity index (χ3v) is 4.53. The first-order valence-corrected chi connectivity index (χ1v) is 6.62. The summed E-state index contributed by atoms with van der Waals surface area (Å²) >= 11 is 1.83. The Bertz CT molecular complexity index is 487. The maximum atomic E-state index is 5.96. The zero-order valence-electron chi connectivity index (χ0n) is 9.15. The van der Waals surface area contributed by atoms with Crippen molar-refractivity contribution in [3.05, 3.63) is 51.7 Å². The van der Waals surface area contributed by atoms with Gasteiger partial charge in [0.2, 0.25) is 0 Å². The van der Waals surface area contributed by atoms with E-state index in [1.54, 1.807) is 0 Å². The van der Waals surface area contributed by atoms with Crippen LogP contribution in [0.1, 0.15) is 28.3 Å². The predicted molar refractivity (Wildman–Crippen MR) is 69.9 cm³/mol. The molecule has 0 saturated heterocycles. The van der Waals surface area contributed by atoms with Crippen LogP contribution in [0.15, 0.2) is 35.7 Å². The molecule has 0 aliphatic heterocycles. The lowest BCUT2D eigenvalue weighted by Gasteiger charge is -2.22. The minimum absolute atomic E-state index is 0.687. The predicted octanol–water partition coefficient (Wildman–Crippen LogP) is 3.60. The summed E-state index contributed by atoms with van der Waals surface area (Å²) in [5.41, 5.74) is 9.85. The van der Waals surface area contributed by atoms with Crippen molar-refractivity contribution < 1.29 is 0 Å². The van der Waals surface area contributed by atoms with E-state index in [9.17, 15) is 0 Å². The molecule has 0 spiro atoms. The summed E-state index contributed by atoms with van der Waals surface area (Å²) < 4.78 is 0. The van der Waals surface area contributed by atoms with Gasteiger partial charge in [0.25, 0.3) is 0 Å². The molecule has 0 fully saturated rings. The van der Waals surface area contributed by atoms with Crippen molar-refractivity contribution in [2.75, 3.05) is 5.73 Å². The highest BCUT2D eigenvalue weighted by molar-refractivity contribution is 7.10. The fourth-order valence-electron chi connectivity index (χ4n) is 2.55. The van der Waals surface area contributed by atoms with E-state index in [1.807, 2.05) is 11.3 Å². The van der Waals surface area contributed by atoms with E-state index in [4.69, 9.17) is 5.73 Å². The van der Waals surface area contributed by atoms with Gasteiger partial charge in [-0.1, -0.05) is 30.3 Å². The molecule has 0 amide bonds. The molecule has 1 aromatic carbocycles. The van der Waals surface area contributed by atoms with Crippen LogP contribution >= 0.6 is 11.3 Å². The molecule has 82 valence electrons. The standard InChI is InChI=1S/C14H15NS/c15-13-9-16-14-8-11(6-7-12(13)14)10-4-2-1-3-5-10/h1-5,9,11H,6-8,15H2. The van der Waals surface area contributed by atoms with E-state index < -0.39 is 0 Å². The summed E-state index contributed by atoms with van der Waals surface area (Å²) in [6, 6.07) is 10.8. The normalized spacial score (nSPS) is 19.4. The Hall–Kier alpha value is -1.28. The molecule has 2 heteroatoms. The molecule has 1 aliphatic rings. The average molecular weight is 229 g/mol. The highest BCUT2D eigenvalue weighted by Crippen LogP contribution is 2.38. The molecule has 2 N–H and O–H groups in total. The van der Waals surface area contributed by atoms with E-state index in [0.29, 0.717) is 5.92 Å². The molecule has 1 unspecified atom stereocenters. The number of rotatable bonds is 1. The SMILES string of the molecule is Nc1csc2c1CCC(c1ccccc1)C2. The van der Waals surface area contributed by atoms with E-state index in [-0.39, 0.29) is 0 Å². The van der Waals surface area contributed by atoms with Gasteiger partial charge in [0.1, 0.15) is 0 Å². The highest BCUT2D eigenvalue weighted by Gasteiger charge is 2.22.